The van der Waals surface area contributed by atoms with E-state index in [0.29, 0.717) is 29.4 Å². The smallest absolute Gasteiger partial charge is 0.252 e. The first-order valence-electron chi connectivity index (χ1n) is 13.2. The molecule has 3 amide bonds. The summed E-state index contributed by atoms with van der Waals surface area (Å²) in [4.78, 5) is 41.6. The van der Waals surface area contributed by atoms with Gasteiger partial charge in [0.05, 0.1) is 6.61 Å². The number of hydrogen-bond donors (Lipinski definition) is 2. The van der Waals surface area contributed by atoms with Crippen LogP contribution in [0.5, 0.6) is 5.75 Å². The molecule has 204 valence electrons. The van der Waals surface area contributed by atoms with E-state index in [1.54, 1.807) is 37.3 Å². The van der Waals surface area contributed by atoms with Crippen molar-refractivity contribution in [3.05, 3.63) is 83.6 Å². The zero-order valence-corrected chi connectivity index (χ0v) is 22.5. The van der Waals surface area contributed by atoms with Gasteiger partial charge in [0.2, 0.25) is 11.8 Å². The van der Waals surface area contributed by atoms with E-state index in [1.807, 2.05) is 38.1 Å². The lowest BCUT2D eigenvalue weighted by molar-refractivity contribution is -0.125. The van der Waals surface area contributed by atoms with Crippen LogP contribution < -0.4 is 20.3 Å². The van der Waals surface area contributed by atoms with Crippen LogP contribution in [0.25, 0.3) is 0 Å². The zero-order valence-electron chi connectivity index (χ0n) is 22.5. The van der Waals surface area contributed by atoms with Gasteiger partial charge in [0.15, 0.2) is 5.82 Å². The molecule has 0 bridgehead atoms. The number of benzene rings is 2. The van der Waals surface area contributed by atoms with Crippen LogP contribution in [0, 0.1) is 13.8 Å². The van der Waals surface area contributed by atoms with Crippen molar-refractivity contribution in [1.29, 1.82) is 0 Å². The number of aromatic nitrogens is 1. The number of anilines is 2. The van der Waals surface area contributed by atoms with Gasteiger partial charge in [-0.15, -0.1) is 0 Å². The van der Waals surface area contributed by atoms with Crippen LogP contribution in [0.2, 0.25) is 0 Å². The second-order valence-corrected chi connectivity index (χ2v) is 9.53. The molecule has 0 radical (unpaired) electrons. The lowest BCUT2D eigenvalue weighted by atomic mass is 9.97. The molecule has 4 rings (SSSR count). The molecule has 1 aliphatic rings. The van der Waals surface area contributed by atoms with Crippen LogP contribution in [-0.2, 0) is 14.4 Å². The van der Waals surface area contributed by atoms with Crippen LogP contribution in [0.4, 0.5) is 11.5 Å². The molecule has 1 aliphatic carbocycles. The minimum Gasteiger partial charge on any atom is -0.494 e. The summed E-state index contributed by atoms with van der Waals surface area (Å²) in [6.45, 7) is 6.01. The van der Waals surface area contributed by atoms with Crippen molar-refractivity contribution >= 4 is 29.2 Å². The number of carbonyl (C=O) groups excluding carboxylic acids is 3. The molecule has 1 atom stereocenters. The molecule has 1 aromatic heterocycles. The van der Waals surface area contributed by atoms with Gasteiger partial charge in [0.1, 0.15) is 17.6 Å². The molecule has 2 N–H and O–H groups in total. The number of aryl methyl sites for hydroxylation is 2. The monoisotopic (exact) mass is 530 g/mol. The van der Waals surface area contributed by atoms with Crippen molar-refractivity contribution in [2.45, 2.75) is 58.5 Å². The average Bonchev–Trinajstić information content (AvgIpc) is 3.58. The van der Waals surface area contributed by atoms with Crippen LogP contribution in [0.1, 0.15) is 55.5 Å². The van der Waals surface area contributed by atoms with Gasteiger partial charge in [-0.3, -0.25) is 19.3 Å². The molecule has 0 unspecified atom stereocenters. The van der Waals surface area contributed by atoms with Crippen LogP contribution in [0.15, 0.2) is 71.3 Å². The highest BCUT2D eigenvalue weighted by Crippen LogP contribution is 2.32. The van der Waals surface area contributed by atoms with E-state index in [2.05, 4.69) is 15.8 Å². The fraction of sp³-hybridized carbons (Fsp3) is 0.333. The molecule has 0 spiro atoms. The number of ether oxygens (including phenoxy) is 1. The molecule has 2 aromatic carbocycles. The summed E-state index contributed by atoms with van der Waals surface area (Å²) >= 11 is 0. The Morgan fingerprint density at radius 3 is 2.44 bits per heavy atom. The molecule has 1 saturated carbocycles. The van der Waals surface area contributed by atoms with Gasteiger partial charge >= 0.3 is 0 Å². The molecule has 0 saturated heterocycles. The summed E-state index contributed by atoms with van der Waals surface area (Å²) < 4.78 is 10.5. The van der Waals surface area contributed by atoms with Crippen LogP contribution >= 0.6 is 0 Å². The molecule has 1 fully saturated rings. The van der Waals surface area contributed by atoms with Crippen molar-refractivity contribution in [3.8, 4) is 5.75 Å². The molecule has 39 heavy (non-hydrogen) atoms. The fourth-order valence-electron chi connectivity index (χ4n) is 4.74. The number of carbonyl (C=O) groups is 3. The lowest BCUT2D eigenvalue weighted by Gasteiger charge is -2.32. The van der Waals surface area contributed by atoms with Crippen molar-refractivity contribution in [2.24, 2.45) is 0 Å². The number of rotatable bonds is 10. The van der Waals surface area contributed by atoms with Crippen molar-refractivity contribution in [2.75, 3.05) is 16.8 Å². The molecule has 3 aromatic rings. The van der Waals surface area contributed by atoms with E-state index >= 15 is 0 Å². The van der Waals surface area contributed by atoms with Gasteiger partial charge in [-0.25, -0.2) is 0 Å². The lowest BCUT2D eigenvalue weighted by Crippen LogP contribution is -2.46. The van der Waals surface area contributed by atoms with Gasteiger partial charge in [-0.2, -0.15) is 0 Å². The van der Waals surface area contributed by atoms with Crippen LogP contribution in [-0.4, -0.2) is 35.5 Å². The maximum absolute atomic E-state index is 13.9. The first-order chi connectivity index (χ1) is 18.9. The van der Waals surface area contributed by atoms with E-state index in [1.165, 1.54) is 4.90 Å². The molecular formula is C30H34N4O5. The summed E-state index contributed by atoms with van der Waals surface area (Å²) in [5.41, 5.74) is 2.07. The maximum atomic E-state index is 13.9. The number of nitrogens with zero attached hydrogens (tertiary/aromatic N) is 2. The highest BCUT2D eigenvalue weighted by molar-refractivity contribution is 6.10. The van der Waals surface area contributed by atoms with Gasteiger partial charge in [0, 0.05) is 29.9 Å². The van der Waals surface area contributed by atoms with E-state index in [9.17, 15) is 14.4 Å². The summed E-state index contributed by atoms with van der Waals surface area (Å²) in [6, 6.07) is 15.2. The second-order valence-electron chi connectivity index (χ2n) is 9.53. The maximum Gasteiger partial charge on any atom is 0.252 e. The molecule has 9 nitrogen and oxygen atoms in total. The summed E-state index contributed by atoms with van der Waals surface area (Å²) in [5.74, 6) is 0.0865. The minimum atomic E-state index is -0.955. The summed E-state index contributed by atoms with van der Waals surface area (Å²) in [7, 11) is 0. The number of amides is 3. The zero-order chi connectivity index (χ0) is 27.8. The average molecular weight is 531 g/mol. The van der Waals surface area contributed by atoms with Crippen molar-refractivity contribution in [1.82, 2.24) is 10.5 Å². The van der Waals surface area contributed by atoms with Gasteiger partial charge < -0.3 is 19.9 Å². The number of hydrogen-bond acceptors (Lipinski definition) is 6. The topological polar surface area (TPSA) is 114 Å². The highest BCUT2D eigenvalue weighted by atomic mass is 16.5. The van der Waals surface area contributed by atoms with Crippen LogP contribution in [0.3, 0.4) is 0 Å². The molecule has 9 heteroatoms. The normalized spacial score (nSPS) is 14.2. The Labute approximate surface area is 228 Å². The third kappa shape index (κ3) is 7.13. The third-order valence-corrected chi connectivity index (χ3v) is 6.61. The van der Waals surface area contributed by atoms with Gasteiger partial charge in [-0.1, -0.05) is 42.3 Å². The van der Waals surface area contributed by atoms with Gasteiger partial charge in [0.25, 0.3) is 5.91 Å². The Morgan fingerprint density at radius 1 is 1.08 bits per heavy atom. The quantitative estimate of drug-likeness (QED) is 0.356. The van der Waals surface area contributed by atoms with Crippen molar-refractivity contribution in [3.63, 3.8) is 0 Å². The SMILES string of the molecule is CCOc1ccc(N(C(=O)/C=C/C(=O)Nc2cc(C)on2)[C@@H](C(=O)NC2CCCC2)c2ccccc2C)cc1. The van der Waals surface area contributed by atoms with E-state index in [-0.39, 0.29) is 17.8 Å². The molecular weight excluding hydrogens is 496 g/mol. The first-order valence-corrected chi connectivity index (χ1v) is 13.2. The standard InChI is InChI=1S/C30H34N4O5/c1-4-38-24-15-13-23(14-16-24)34(28(36)18-17-27(35)32-26-19-21(3)39-33-26)29(25-12-8-5-9-20(25)2)30(37)31-22-10-6-7-11-22/h5,8-9,12-19,22,29H,4,6-7,10-11H2,1-3H3,(H,31,37)(H,32,33,35)/b18-17+/t29-/m1/s1. The Hall–Kier alpha value is -4.40. The summed E-state index contributed by atoms with van der Waals surface area (Å²) in [6.07, 6.45) is 6.22. The fourth-order valence-corrected chi connectivity index (χ4v) is 4.74. The largest absolute Gasteiger partial charge is 0.494 e. The van der Waals surface area contributed by atoms with E-state index < -0.39 is 17.9 Å². The highest BCUT2D eigenvalue weighted by Gasteiger charge is 2.34. The predicted octanol–water partition coefficient (Wildman–Crippen LogP) is 5.02. The molecule has 0 aliphatic heterocycles. The molecule has 1 heterocycles. The first kappa shape index (κ1) is 27.6. The van der Waals surface area contributed by atoms with E-state index in [0.717, 1.165) is 43.4 Å². The Morgan fingerprint density at radius 2 is 1.79 bits per heavy atom. The van der Waals surface area contributed by atoms with Gasteiger partial charge in [-0.05, 0) is 69.0 Å². The predicted molar refractivity (Wildman–Crippen MR) is 148 cm³/mol. The minimum absolute atomic E-state index is 0.0635. The van der Waals surface area contributed by atoms with E-state index in [4.69, 9.17) is 9.26 Å². The Balaban J connectivity index is 1.70. The summed E-state index contributed by atoms with van der Waals surface area (Å²) in [5, 5.41) is 9.46. The second kappa shape index (κ2) is 12.9. The number of nitrogens with one attached hydrogen (secondary N) is 2. The Kier molecular flexibility index (Phi) is 9.14. The Bertz CT molecular complexity index is 1330. The third-order valence-electron chi connectivity index (χ3n) is 6.61. The van der Waals surface area contributed by atoms with Crippen molar-refractivity contribution < 1.29 is 23.6 Å².